The van der Waals surface area contributed by atoms with Gasteiger partial charge >= 0.3 is 0 Å². The lowest BCUT2D eigenvalue weighted by Gasteiger charge is -2.10. The minimum absolute atomic E-state index is 0.651. The van der Waals surface area contributed by atoms with E-state index in [-0.39, 0.29) is 0 Å². The summed E-state index contributed by atoms with van der Waals surface area (Å²) in [6, 6.07) is 20.9. The van der Waals surface area contributed by atoms with Crippen LogP contribution in [-0.2, 0) is 0 Å². The van der Waals surface area contributed by atoms with E-state index in [1.54, 1.807) is 6.20 Å². The number of fused-ring (bicyclic) bond motifs is 2. The van der Waals surface area contributed by atoms with Crippen LogP contribution in [0.1, 0.15) is 11.1 Å². The first-order chi connectivity index (χ1) is 11.2. The number of rotatable bonds is 2. The van der Waals surface area contributed by atoms with Gasteiger partial charge < -0.3 is 4.74 Å². The van der Waals surface area contributed by atoms with E-state index in [2.05, 4.69) is 61.3 Å². The second-order valence-corrected chi connectivity index (χ2v) is 5.96. The first-order valence-corrected chi connectivity index (χ1v) is 7.73. The normalized spacial score (nSPS) is 11.0. The Morgan fingerprint density at radius 3 is 2.17 bits per heavy atom. The molecule has 112 valence electrons. The monoisotopic (exact) mass is 299 g/mol. The van der Waals surface area contributed by atoms with Gasteiger partial charge in [0.2, 0.25) is 5.88 Å². The smallest absolute Gasteiger partial charge is 0.227 e. The summed E-state index contributed by atoms with van der Waals surface area (Å²) in [4.78, 5) is 4.45. The van der Waals surface area contributed by atoms with Crippen LogP contribution in [-0.4, -0.2) is 4.98 Å². The predicted molar refractivity (Wildman–Crippen MR) is 95.2 cm³/mol. The van der Waals surface area contributed by atoms with Crippen LogP contribution in [0.2, 0.25) is 0 Å². The van der Waals surface area contributed by atoms with Crippen molar-refractivity contribution in [3.63, 3.8) is 0 Å². The van der Waals surface area contributed by atoms with Crippen LogP contribution in [0, 0.1) is 13.8 Å². The Kier molecular flexibility index (Phi) is 3.23. The summed E-state index contributed by atoms with van der Waals surface area (Å²) >= 11 is 0. The molecule has 2 heteroatoms. The summed E-state index contributed by atoms with van der Waals surface area (Å²) in [5.74, 6) is 1.48. The zero-order valence-corrected chi connectivity index (χ0v) is 13.2. The van der Waals surface area contributed by atoms with Crippen molar-refractivity contribution in [3.8, 4) is 11.6 Å². The molecular weight excluding hydrogens is 282 g/mol. The van der Waals surface area contributed by atoms with Crippen molar-refractivity contribution >= 4 is 21.5 Å². The Labute approximate surface area is 135 Å². The third-order valence-corrected chi connectivity index (χ3v) is 4.00. The standard InChI is InChI=1S/C21H17NO/c1-14-9-15(2)11-19(10-14)23-21-20-13-17-6-4-3-5-16(17)12-18(20)7-8-22-21/h3-13H,1-2H3. The minimum atomic E-state index is 0.651. The van der Waals surface area contributed by atoms with Crippen molar-refractivity contribution in [2.45, 2.75) is 13.8 Å². The van der Waals surface area contributed by atoms with Crippen LogP contribution in [0.15, 0.2) is 66.9 Å². The van der Waals surface area contributed by atoms with Crippen LogP contribution in [0.4, 0.5) is 0 Å². The van der Waals surface area contributed by atoms with E-state index in [0.717, 1.165) is 16.5 Å². The predicted octanol–water partition coefficient (Wildman–Crippen LogP) is 5.80. The molecule has 23 heavy (non-hydrogen) atoms. The third-order valence-electron chi connectivity index (χ3n) is 4.00. The van der Waals surface area contributed by atoms with Gasteiger partial charge in [0.1, 0.15) is 5.75 Å². The first-order valence-electron chi connectivity index (χ1n) is 7.73. The lowest BCUT2D eigenvalue weighted by Crippen LogP contribution is -1.91. The Morgan fingerprint density at radius 1 is 0.739 bits per heavy atom. The Morgan fingerprint density at radius 2 is 1.43 bits per heavy atom. The van der Waals surface area contributed by atoms with Gasteiger partial charge in [-0.2, -0.15) is 0 Å². The Bertz CT molecular complexity index is 1000. The van der Waals surface area contributed by atoms with Gasteiger partial charge in [0, 0.05) is 11.6 Å². The Hall–Kier alpha value is -2.87. The molecule has 0 unspecified atom stereocenters. The summed E-state index contributed by atoms with van der Waals surface area (Å²) < 4.78 is 6.09. The highest BCUT2D eigenvalue weighted by Gasteiger charge is 2.07. The summed E-state index contributed by atoms with van der Waals surface area (Å²) in [7, 11) is 0. The third kappa shape index (κ3) is 2.64. The summed E-state index contributed by atoms with van der Waals surface area (Å²) in [5, 5.41) is 4.59. The molecule has 0 radical (unpaired) electrons. The van der Waals surface area contributed by atoms with Crippen LogP contribution >= 0.6 is 0 Å². The van der Waals surface area contributed by atoms with Gasteiger partial charge in [0.25, 0.3) is 0 Å². The van der Waals surface area contributed by atoms with E-state index >= 15 is 0 Å². The molecule has 0 aliphatic carbocycles. The van der Waals surface area contributed by atoms with E-state index in [1.165, 1.54) is 21.9 Å². The van der Waals surface area contributed by atoms with Gasteiger partial charge in [-0.05, 0) is 71.5 Å². The minimum Gasteiger partial charge on any atom is -0.438 e. The van der Waals surface area contributed by atoms with Crippen molar-refractivity contribution in [1.29, 1.82) is 0 Å². The summed E-state index contributed by atoms with van der Waals surface area (Å²) in [6.45, 7) is 4.15. The van der Waals surface area contributed by atoms with Gasteiger partial charge in [-0.15, -0.1) is 0 Å². The molecular formula is C21H17NO. The molecule has 2 nitrogen and oxygen atoms in total. The fraction of sp³-hybridized carbons (Fsp3) is 0.0952. The number of nitrogens with zero attached hydrogens (tertiary/aromatic N) is 1. The second-order valence-electron chi connectivity index (χ2n) is 5.96. The van der Waals surface area contributed by atoms with Crippen molar-refractivity contribution in [1.82, 2.24) is 4.98 Å². The highest BCUT2D eigenvalue weighted by Crippen LogP contribution is 2.31. The topological polar surface area (TPSA) is 22.1 Å². The van der Waals surface area contributed by atoms with Gasteiger partial charge in [-0.3, -0.25) is 0 Å². The number of hydrogen-bond acceptors (Lipinski definition) is 2. The molecule has 4 aromatic rings. The number of aryl methyl sites for hydroxylation is 2. The molecule has 0 atom stereocenters. The maximum atomic E-state index is 6.09. The van der Waals surface area contributed by atoms with E-state index in [0.29, 0.717) is 5.88 Å². The zero-order valence-electron chi connectivity index (χ0n) is 13.2. The molecule has 0 saturated heterocycles. The molecule has 0 N–H and O–H groups in total. The van der Waals surface area contributed by atoms with Crippen LogP contribution in [0.3, 0.4) is 0 Å². The number of aromatic nitrogens is 1. The molecule has 1 heterocycles. The van der Waals surface area contributed by atoms with Gasteiger partial charge in [0.15, 0.2) is 0 Å². The Balaban J connectivity index is 1.87. The maximum Gasteiger partial charge on any atom is 0.227 e. The van der Waals surface area contributed by atoms with Crippen molar-refractivity contribution < 1.29 is 4.74 Å². The van der Waals surface area contributed by atoms with E-state index in [1.807, 2.05) is 18.2 Å². The van der Waals surface area contributed by atoms with Crippen molar-refractivity contribution in [3.05, 3.63) is 78.0 Å². The fourth-order valence-electron chi connectivity index (χ4n) is 3.02. The van der Waals surface area contributed by atoms with Gasteiger partial charge in [0.05, 0.1) is 0 Å². The van der Waals surface area contributed by atoms with E-state index in [9.17, 15) is 0 Å². The molecule has 0 fully saturated rings. The zero-order chi connectivity index (χ0) is 15.8. The maximum absolute atomic E-state index is 6.09. The van der Waals surface area contributed by atoms with Crippen LogP contribution < -0.4 is 4.74 Å². The fourth-order valence-corrected chi connectivity index (χ4v) is 3.02. The SMILES string of the molecule is Cc1cc(C)cc(Oc2nccc3cc4ccccc4cc23)c1. The summed E-state index contributed by atoms with van der Waals surface area (Å²) in [6.07, 6.45) is 1.80. The van der Waals surface area contributed by atoms with Gasteiger partial charge in [-0.25, -0.2) is 4.98 Å². The van der Waals surface area contributed by atoms with E-state index < -0.39 is 0 Å². The molecule has 3 aromatic carbocycles. The largest absolute Gasteiger partial charge is 0.438 e. The average molecular weight is 299 g/mol. The lowest BCUT2D eigenvalue weighted by molar-refractivity contribution is 0.468. The molecule has 0 saturated carbocycles. The number of ether oxygens (including phenoxy) is 1. The van der Waals surface area contributed by atoms with E-state index in [4.69, 9.17) is 4.74 Å². The first kappa shape index (κ1) is 13.8. The molecule has 4 rings (SSSR count). The molecule has 0 aliphatic rings. The molecule has 0 amide bonds. The number of pyridine rings is 1. The molecule has 1 aromatic heterocycles. The lowest BCUT2D eigenvalue weighted by atomic mass is 10.1. The highest BCUT2D eigenvalue weighted by molar-refractivity contribution is 6.00. The number of benzene rings is 3. The van der Waals surface area contributed by atoms with Crippen molar-refractivity contribution in [2.24, 2.45) is 0 Å². The second kappa shape index (κ2) is 5.40. The van der Waals surface area contributed by atoms with Crippen molar-refractivity contribution in [2.75, 3.05) is 0 Å². The average Bonchev–Trinajstić information content (AvgIpc) is 2.52. The molecule has 0 spiro atoms. The molecule has 0 bridgehead atoms. The number of hydrogen-bond donors (Lipinski definition) is 0. The summed E-state index contributed by atoms with van der Waals surface area (Å²) in [5.41, 5.74) is 2.37. The van der Waals surface area contributed by atoms with Crippen LogP contribution in [0.25, 0.3) is 21.5 Å². The van der Waals surface area contributed by atoms with Crippen LogP contribution in [0.5, 0.6) is 11.6 Å². The van der Waals surface area contributed by atoms with Gasteiger partial charge in [-0.1, -0.05) is 30.3 Å². The quantitative estimate of drug-likeness (QED) is 0.437. The molecule has 0 aliphatic heterocycles. The highest BCUT2D eigenvalue weighted by atomic mass is 16.5.